The molecule has 0 radical (unpaired) electrons. The van der Waals surface area contributed by atoms with Crippen LogP contribution in [0.1, 0.15) is 23.4 Å². The molecule has 0 aliphatic carbocycles. The van der Waals surface area contributed by atoms with Gasteiger partial charge in [0.25, 0.3) is 5.91 Å². The van der Waals surface area contributed by atoms with Crippen LogP contribution in [-0.2, 0) is 4.79 Å². The zero-order valence-electron chi connectivity index (χ0n) is 15.6. The van der Waals surface area contributed by atoms with Crippen molar-refractivity contribution in [3.63, 3.8) is 0 Å². The van der Waals surface area contributed by atoms with E-state index in [-0.39, 0.29) is 11.3 Å². The van der Waals surface area contributed by atoms with Crippen molar-refractivity contribution in [1.29, 1.82) is 0 Å². The first-order valence-electron chi connectivity index (χ1n) is 9.31. The fraction of sp³-hybridized carbons (Fsp3) is 0.125. The van der Waals surface area contributed by atoms with Gasteiger partial charge < -0.3 is 4.74 Å². The molecular weight excluding hydrogens is 366 g/mol. The molecule has 0 N–H and O–H groups in total. The largest absolute Gasteiger partial charge is 0.494 e. The van der Waals surface area contributed by atoms with Crippen molar-refractivity contribution in [2.75, 3.05) is 11.5 Å². The van der Waals surface area contributed by atoms with Crippen LogP contribution in [0.15, 0.2) is 89.8 Å². The summed E-state index contributed by atoms with van der Waals surface area (Å²) in [6.45, 7) is 2.58. The second-order valence-corrected chi connectivity index (χ2v) is 7.52. The predicted molar refractivity (Wildman–Crippen MR) is 116 cm³/mol. The highest BCUT2D eigenvalue weighted by molar-refractivity contribution is 8.05. The molecule has 4 heteroatoms. The number of benzene rings is 3. The quantitative estimate of drug-likeness (QED) is 0.510. The van der Waals surface area contributed by atoms with Crippen LogP contribution >= 0.6 is 11.8 Å². The summed E-state index contributed by atoms with van der Waals surface area (Å²) in [5, 5.41) is -0.0957. The van der Waals surface area contributed by atoms with Crippen molar-refractivity contribution in [2.24, 2.45) is 0 Å². The van der Waals surface area contributed by atoms with E-state index in [1.165, 1.54) is 0 Å². The molecule has 4 rings (SSSR count). The summed E-state index contributed by atoms with van der Waals surface area (Å²) < 4.78 is 5.54. The summed E-state index contributed by atoms with van der Waals surface area (Å²) >= 11 is 1.59. The van der Waals surface area contributed by atoms with E-state index >= 15 is 0 Å². The first-order chi connectivity index (χ1) is 13.8. The molecule has 3 aromatic rings. The van der Waals surface area contributed by atoms with E-state index in [0.717, 1.165) is 27.5 Å². The minimum atomic E-state index is -0.0957. The third kappa shape index (κ3) is 3.82. The molecule has 28 heavy (non-hydrogen) atoms. The smallest absolute Gasteiger partial charge is 0.266 e. The molecule has 140 valence electrons. The third-order valence-corrected chi connectivity index (χ3v) is 5.76. The van der Waals surface area contributed by atoms with Crippen LogP contribution in [0, 0.1) is 0 Å². The molecule has 1 aliphatic heterocycles. The lowest BCUT2D eigenvalue weighted by Gasteiger charge is -2.24. The van der Waals surface area contributed by atoms with Crippen LogP contribution in [-0.4, -0.2) is 12.5 Å². The van der Waals surface area contributed by atoms with Gasteiger partial charge in [-0.15, -0.1) is 0 Å². The highest BCUT2D eigenvalue weighted by Crippen LogP contribution is 2.48. The normalized spacial score (nSPS) is 17.9. The van der Waals surface area contributed by atoms with E-state index in [1.54, 1.807) is 11.8 Å². The Morgan fingerprint density at radius 2 is 1.57 bits per heavy atom. The number of thioether (sulfide) groups is 1. The predicted octanol–water partition coefficient (Wildman–Crippen LogP) is 5.91. The Bertz CT molecular complexity index is 969. The Kier molecular flexibility index (Phi) is 5.49. The van der Waals surface area contributed by atoms with Crippen molar-refractivity contribution >= 4 is 29.4 Å². The Labute approximate surface area is 169 Å². The van der Waals surface area contributed by atoms with Crippen LogP contribution in [0.25, 0.3) is 6.08 Å². The van der Waals surface area contributed by atoms with Gasteiger partial charge in [-0.1, -0.05) is 72.4 Å². The van der Waals surface area contributed by atoms with E-state index in [1.807, 2.05) is 90.7 Å². The minimum absolute atomic E-state index is 0.0202. The van der Waals surface area contributed by atoms with E-state index < -0.39 is 0 Å². The van der Waals surface area contributed by atoms with Gasteiger partial charge in [0.1, 0.15) is 11.1 Å². The van der Waals surface area contributed by atoms with Gasteiger partial charge in [0.2, 0.25) is 0 Å². The first kappa shape index (κ1) is 18.4. The maximum absolute atomic E-state index is 13.3. The summed E-state index contributed by atoms with van der Waals surface area (Å²) in [5.74, 6) is 0.828. The molecule has 1 amide bonds. The van der Waals surface area contributed by atoms with Gasteiger partial charge in [-0.2, -0.15) is 0 Å². The van der Waals surface area contributed by atoms with Crippen LogP contribution in [0.4, 0.5) is 5.69 Å². The zero-order valence-corrected chi connectivity index (χ0v) is 16.4. The zero-order chi connectivity index (χ0) is 19.3. The molecule has 1 heterocycles. The molecule has 3 aromatic carbocycles. The van der Waals surface area contributed by atoms with Crippen molar-refractivity contribution in [2.45, 2.75) is 12.3 Å². The number of carbonyl (C=O) groups excluding carboxylic acids is 1. The second-order valence-electron chi connectivity index (χ2n) is 6.40. The number of ether oxygens (including phenoxy) is 1. The highest BCUT2D eigenvalue weighted by Gasteiger charge is 2.38. The van der Waals surface area contributed by atoms with Crippen molar-refractivity contribution in [1.82, 2.24) is 0 Å². The second kappa shape index (κ2) is 8.36. The molecule has 0 bridgehead atoms. The van der Waals surface area contributed by atoms with Crippen LogP contribution < -0.4 is 9.64 Å². The monoisotopic (exact) mass is 387 g/mol. The lowest BCUT2D eigenvalue weighted by molar-refractivity contribution is -0.114. The molecule has 3 nitrogen and oxygen atoms in total. The van der Waals surface area contributed by atoms with Gasteiger partial charge in [0.05, 0.1) is 11.5 Å². The molecule has 1 unspecified atom stereocenters. The molecule has 1 saturated heterocycles. The Morgan fingerprint density at radius 3 is 2.21 bits per heavy atom. The van der Waals surface area contributed by atoms with Gasteiger partial charge in [0.15, 0.2) is 0 Å². The van der Waals surface area contributed by atoms with E-state index in [0.29, 0.717) is 6.61 Å². The summed E-state index contributed by atoms with van der Waals surface area (Å²) in [4.78, 5) is 15.9. The lowest BCUT2D eigenvalue weighted by atomic mass is 10.1. The average molecular weight is 388 g/mol. The summed E-state index contributed by atoms with van der Waals surface area (Å²) in [7, 11) is 0. The van der Waals surface area contributed by atoms with Crippen LogP contribution in [0.5, 0.6) is 5.75 Å². The molecule has 1 aliphatic rings. The van der Waals surface area contributed by atoms with E-state index in [4.69, 9.17) is 4.74 Å². The minimum Gasteiger partial charge on any atom is -0.494 e. The maximum Gasteiger partial charge on any atom is 0.266 e. The molecule has 0 aromatic heterocycles. The highest BCUT2D eigenvalue weighted by atomic mass is 32.2. The number of hydrogen-bond acceptors (Lipinski definition) is 3. The van der Waals surface area contributed by atoms with Crippen molar-refractivity contribution < 1.29 is 9.53 Å². The van der Waals surface area contributed by atoms with E-state index in [9.17, 15) is 4.79 Å². The number of hydrogen-bond donors (Lipinski definition) is 0. The topological polar surface area (TPSA) is 29.5 Å². The number of rotatable bonds is 5. The van der Waals surface area contributed by atoms with E-state index in [2.05, 4.69) is 12.1 Å². The SMILES string of the molecule is CCOc1ccc(N2C(=O)/C(=C/c3ccccc3)SC2c2ccccc2)cc1. The summed E-state index contributed by atoms with van der Waals surface area (Å²) in [6.07, 6.45) is 1.97. The van der Waals surface area contributed by atoms with Crippen molar-refractivity contribution in [3.05, 3.63) is 101 Å². The van der Waals surface area contributed by atoms with Gasteiger partial charge in [0, 0.05) is 5.69 Å². The number of carbonyl (C=O) groups is 1. The van der Waals surface area contributed by atoms with Gasteiger partial charge in [-0.05, 0) is 48.4 Å². The van der Waals surface area contributed by atoms with Gasteiger partial charge in [-0.25, -0.2) is 0 Å². The molecule has 0 saturated carbocycles. The third-order valence-electron chi connectivity index (χ3n) is 4.51. The first-order valence-corrected chi connectivity index (χ1v) is 10.2. The Morgan fingerprint density at radius 1 is 0.929 bits per heavy atom. The van der Waals surface area contributed by atoms with Crippen LogP contribution in [0.3, 0.4) is 0 Å². The Hall–Kier alpha value is -2.98. The standard InChI is InChI=1S/C24H21NO2S/c1-2-27-21-15-13-20(14-16-21)25-23(26)22(17-18-9-5-3-6-10-18)28-24(25)19-11-7-4-8-12-19/h3-17,24H,2H2,1H3/b22-17-. The summed E-state index contributed by atoms with van der Waals surface area (Å²) in [6, 6.07) is 27.8. The fourth-order valence-electron chi connectivity index (χ4n) is 3.20. The van der Waals surface area contributed by atoms with Crippen molar-refractivity contribution in [3.8, 4) is 5.75 Å². The lowest BCUT2D eigenvalue weighted by Crippen LogP contribution is -2.27. The van der Waals surface area contributed by atoms with Gasteiger partial charge in [-0.3, -0.25) is 9.69 Å². The maximum atomic E-state index is 13.3. The van der Waals surface area contributed by atoms with Gasteiger partial charge >= 0.3 is 0 Å². The molecular formula is C24H21NO2S. The molecule has 0 spiro atoms. The van der Waals surface area contributed by atoms with Crippen LogP contribution in [0.2, 0.25) is 0 Å². The molecule has 1 fully saturated rings. The molecule has 1 atom stereocenters. The summed E-state index contributed by atoms with van der Waals surface area (Å²) in [5.41, 5.74) is 3.00. The number of anilines is 1. The fourth-order valence-corrected chi connectivity index (χ4v) is 4.46. The number of amides is 1. The number of nitrogens with zero attached hydrogens (tertiary/aromatic N) is 1. The average Bonchev–Trinajstić information content (AvgIpc) is 3.06. The Balaban J connectivity index is 1.72.